The summed E-state index contributed by atoms with van der Waals surface area (Å²) < 4.78 is 5.29. The fraction of sp³-hybridized carbons (Fsp3) is 0.0833. The van der Waals surface area contributed by atoms with Crippen LogP contribution in [0.1, 0.15) is 0 Å². The fourth-order valence-corrected chi connectivity index (χ4v) is 2.05. The third kappa shape index (κ3) is 1.60. The van der Waals surface area contributed by atoms with E-state index in [0.29, 0.717) is 21.9 Å². The van der Waals surface area contributed by atoms with Crippen LogP contribution in [-0.2, 0) is 0 Å². The number of nitrogens with two attached hydrogens (primary N) is 1. The predicted octanol–water partition coefficient (Wildman–Crippen LogP) is 2.42. The number of hydrogen-bond donors (Lipinski definition) is 1. The zero-order valence-corrected chi connectivity index (χ0v) is 10.3. The summed E-state index contributed by atoms with van der Waals surface area (Å²) in [4.78, 5) is 12.4. The Morgan fingerprint density at radius 1 is 1.28 bits per heavy atom. The maximum Gasteiger partial charge on any atom is 0.222 e. The molecule has 0 spiro atoms. The van der Waals surface area contributed by atoms with E-state index in [1.54, 1.807) is 25.4 Å². The summed E-state index contributed by atoms with van der Waals surface area (Å²) in [6, 6.07) is 5.43. The number of halogens is 1. The number of pyridine rings is 1. The lowest BCUT2D eigenvalue weighted by molar-refractivity contribution is 0.420. The van der Waals surface area contributed by atoms with Crippen LogP contribution in [0.5, 0.6) is 5.75 Å². The molecule has 0 bridgehead atoms. The molecule has 0 saturated heterocycles. The molecule has 0 radical (unpaired) electrons. The van der Waals surface area contributed by atoms with E-state index < -0.39 is 0 Å². The quantitative estimate of drug-likeness (QED) is 0.680. The van der Waals surface area contributed by atoms with E-state index in [4.69, 9.17) is 22.1 Å². The van der Waals surface area contributed by atoms with Gasteiger partial charge in [-0.3, -0.25) is 0 Å². The Hall–Kier alpha value is -2.14. The van der Waals surface area contributed by atoms with E-state index in [0.717, 1.165) is 10.8 Å². The highest BCUT2D eigenvalue weighted by Gasteiger charge is 2.09. The molecule has 2 heterocycles. The minimum absolute atomic E-state index is 0.188. The molecule has 2 aromatic heterocycles. The van der Waals surface area contributed by atoms with Gasteiger partial charge in [0.1, 0.15) is 5.75 Å². The highest BCUT2D eigenvalue weighted by Crippen LogP contribution is 2.31. The molecule has 18 heavy (non-hydrogen) atoms. The van der Waals surface area contributed by atoms with Crippen LogP contribution in [0.25, 0.3) is 21.9 Å². The zero-order chi connectivity index (χ0) is 12.7. The van der Waals surface area contributed by atoms with Gasteiger partial charge in [0.05, 0.1) is 17.6 Å². The molecule has 0 aliphatic carbocycles. The molecule has 2 N–H and O–H groups in total. The summed E-state index contributed by atoms with van der Waals surface area (Å²) in [6.45, 7) is 0. The van der Waals surface area contributed by atoms with Crippen molar-refractivity contribution in [2.45, 2.75) is 0 Å². The van der Waals surface area contributed by atoms with E-state index in [9.17, 15) is 0 Å². The van der Waals surface area contributed by atoms with Crippen molar-refractivity contribution in [1.82, 2.24) is 15.0 Å². The number of methoxy groups -OCH3 is 1. The molecule has 1 aromatic carbocycles. The van der Waals surface area contributed by atoms with Gasteiger partial charge in [-0.1, -0.05) is 11.6 Å². The van der Waals surface area contributed by atoms with Gasteiger partial charge in [-0.15, -0.1) is 0 Å². The fourth-order valence-electron chi connectivity index (χ4n) is 1.84. The molecule has 0 unspecified atom stereocenters. The molecule has 3 rings (SSSR count). The van der Waals surface area contributed by atoms with Crippen molar-refractivity contribution in [2.75, 3.05) is 12.8 Å². The monoisotopic (exact) mass is 260 g/mol. The smallest absolute Gasteiger partial charge is 0.222 e. The topological polar surface area (TPSA) is 73.9 Å². The van der Waals surface area contributed by atoms with Gasteiger partial charge in [-0.2, -0.15) is 4.98 Å². The molecule has 0 atom stereocenters. The zero-order valence-electron chi connectivity index (χ0n) is 9.51. The van der Waals surface area contributed by atoms with Crippen LogP contribution in [0.15, 0.2) is 24.4 Å². The van der Waals surface area contributed by atoms with Crippen molar-refractivity contribution in [3.8, 4) is 5.75 Å². The van der Waals surface area contributed by atoms with Crippen molar-refractivity contribution < 1.29 is 4.74 Å². The largest absolute Gasteiger partial charge is 0.496 e. The average Bonchev–Trinajstić information content (AvgIpc) is 2.38. The molecule has 6 heteroatoms. The number of nitrogens with zero attached hydrogens (tertiary/aromatic N) is 3. The second-order valence-corrected chi connectivity index (χ2v) is 4.18. The molecule has 5 nitrogen and oxygen atoms in total. The van der Waals surface area contributed by atoms with Crippen LogP contribution in [0.2, 0.25) is 5.02 Å². The molecule has 0 amide bonds. The van der Waals surface area contributed by atoms with Gasteiger partial charge in [0.2, 0.25) is 5.95 Å². The number of nitrogen functional groups attached to an aromatic ring is 1. The lowest BCUT2D eigenvalue weighted by atomic mass is 10.1. The Morgan fingerprint density at radius 2 is 2.11 bits per heavy atom. The summed E-state index contributed by atoms with van der Waals surface area (Å²) in [6.07, 6.45) is 1.63. The molecule has 3 aromatic rings. The second kappa shape index (κ2) is 3.96. The SMILES string of the molecule is COc1ccc(Cl)c2nc3nc(N)ncc3cc12. The second-order valence-electron chi connectivity index (χ2n) is 3.78. The molecule has 0 aliphatic heterocycles. The number of hydrogen-bond acceptors (Lipinski definition) is 5. The van der Waals surface area contributed by atoms with Crippen LogP contribution in [0.4, 0.5) is 5.95 Å². The standard InChI is InChI=1S/C12H9ClN4O/c1-18-9-3-2-8(13)10-7(9)4-6-5-15-12(14)17-11(6)16-10/h2-5H,1H3,(H2,14,15,16,17). The van der Waals surface area contributed by atoms with Gasteiger partial charge in [0, 0.05) is 17.0 Å². The minimum atomic E-state index is 0.188. The van der Waals surface area contributed by atoms with Gasteiger partial charge in [0.25, 0.3) is 0 Å². The van der Waals surface area contributed by atoms with E-state index in [-0.39, 0.29) is 5.95 Å². The highest BCUT2D eigenvalue weighted by molar-refractivity contribution is 6.35. The van der Waals surface area contributed by atoms with Gasteiger partial charge >= 0.3 is 0 Å². The summed E-state index contributed by atoms with van der Waals surface area (Å²) in [5, 5.41) is 2.16. The van der Waals surface area contributed by atoms with Crippen LogP contribution >= 0.6 is 11.6 Å². The highest BCUT2D eigenvalue weighted by atomic mass is 35.5. The van der Waals surface area contributed by atoms with E-state index in [1.165, 1.54) is 0 Å². The molecular formula is C12H9ClN4O. The molecule has 0 fully saturated rings. The van der Waals surface area contributed by atoms with Gasteiger partial charge in [0.15, 0.2) is 5.65 Å². The first kappa shape index (κ1) is 11.0. The normalized spacial score (nSPS) is 11.0. The first-order chi connectivity index (χ1) is 8.69. The van der Waals surface area contributed by atoms with Crippen LogP contribution in [-0.4, -0.2) is 22.1 Å². The van der Waals surface area contributed by atoms with E-state index in [1.807, 2.05) is 6.07 Å². The number of fused-ring (bicyclic) bond motifs is 2. The Bertz CT molecular complexity index is 760. The van der Waals surface area contributed by atoms with Crippen molar-refractivity contribution in [3.05, 3.63) is 29.4 Å². The maximum atomic E-state index is 6.13. The van der Waals surface area contributed by atoms with Crippen molar-refractivity contribution >= 4 is 39.5 Å². The van der Waals surface area contributed by atoms with Gasteiger partial charge in [-0.25, -0.2) is 9.97 Å². The minimum Gasteiger partial charge on any atom is -0.496 e. The summed E-state index contributed by atoms with van der Waals surface area (Å²) >= 11 is 6.13. The lowest BCUT2D eigenvalue weighted by Gasteiger charge is -2.07. The number of ether oxygens (including phenoxy) is 1. The molecule has 0 saturated carbocycles. The first-order valence-electron chi connectivity index (χ1n) is 5.24. The first-order valence-corrected chi connectivity index (χ1v) is 5.62. The third-order valence-electron chi connectivity index (χ3n) is 2.68. The van der Waals surface area contributed by atoms with Gasteiger partial charge in [-0.05, 0) is 18.2 Å². The van der Waals surface area contributed by atoms with Crippen LogP contribution in [0, 0.1) is 0 Å². The number of rotatable bonds is 1. The summed E-state index contributed by atoms with van der Waals surface area (Å²) in [5.74, 6) is 0.897. The van der Waals surface area contributed by atoms with E-state index in [2.05, 4.69) is 15.0 Å². The molecule has 0 aliphatic rings. The van der Waals surface area contributed by atoms with E-state index >= 15 is 0 Å². The molecule has 90 valence electrons. The average molecular weight is 261 g/mol. The van der Waals surface area contributed by atoms with Crippen LogP contribution < -0.4 is 10.5 Å². The van der Waals surface area contributed by atoms with Gasteiger partial charge < -0.3 is 10.5 Å². The van der Waals surface area contributed by atoms with Crippen LogP contribution in [0.3, 0.4) is 0 Å². The summed E-state index contributed by atoms with van der Waals surface area (Å²) in [5.41, 5.74) is 6.70. The Balaban J connectivity index is 2.47. The Labute approximate surface area is 108 Å². The number of benzene rings is 1. The van der Waals surface area contributed by atoms with Crippen molar-refractivity contribution in [3.63, 3.8) is 0 Å². The summed E-state index contributed by atoms with van der Waals surface area (Å²) in [7, 11) is 1.60. The number of anilines is 1. The maximum absolute atomic E-state index is 6.13. The van der Waals surface area contributed by atoms with Crippen molar-refractivity contribution in [2.24, 2.45) is 0 Å². The Morgan fingerprint density at radius 3 is 2.89 bits per heavy atom. The third-order valence-corrected chi connectivity index (χ3v) is 2.98. The molecular weight excluding hydrogens is 252 g/mol. The lowest BCUT2D eigenvalue weighted by Crippen LogP contribution is -1.96. The van der Waals surface area contributed by atoms with Crippen molar-refractivity contribution in [1.29, 1.82) is 0 Å². The number of aromatic nitrogens is 3. The predicted molar refractivity (Wildman–Crippen MR) is 70.8 cm³/mol. The Kier molecular flexibility index (Phi) is 2.41.